The number of likely N-dealkylation sites (tertiary alicyclic amines) is 1. The second-order valence-electron chi connectivity index (χ2n) is 6.31. The molecule has 1 N–H and O–H groups in total. The van der Waals surface area contributed by atoms with Crippen LogP contribution in [0.4, 0.5) is 4.79 Å². The summed E-state index contributed by atoms with van der Waals surface area (Å²) in [4.78, 5) is 14.0. The highest BCUT2D eigenvalue weighted by Gasteiger charge is 2.53. The molecule has 0 radical (unpaired) electrons. The van der Waals surface area contributed by atoms with Crippen LogP contribution in [0.2, 0.25) is 0 Å². The molecule has 3 rings (SSSR count). The van der Waals surface area contributed by atoms with Gasteiger partial charge in [-0.1, -0.05) is 43.7 Å². The van der Waals surface area contributed by atoms with Crippen LogP contribution in [0.25, 0.3) is 0 Å². The molecule has 6 heteroatoms. The fourth-order valence-corrected chi connectivity index (χ4v) is 3.28. The highest BCUT2D eigenvalue weighted by Crippen LogP contribution is 2.32. The molecular formula is C18H25NO5. The number of amides is 1. The Morgan fingerprint density at radius 2 is 2.17 bits per heavy atom. The van der Waals surface area contributed by atoms with E-state index in [-0.39, 0.29) is 31.5 Å². The van der Waals surface area contributed by atoms with Gasteiger partial charge in [-0.25, -0.2) is 4.79 Å². The third-order valence-electron chi connectivity index (χ3n) is 4.56. The van der Waals surface area contributed by atoms with Crippen molar-refractivity contribution in [3.8, 4) is 0 Å². The van der Waals surface area contributed by atoms with Gasteiger partial charge in [0, 0.05) is 6.61 Å². The van der Waals surface area contributed by atoms with Crippen molar-refractivity contribution in [3.63, 3.8) is 0 Å². The number of nitrogens with zero attached hydrogens (tertiary/aromatic N) is 1. The van der Waals surface area contributed by atoms with Gasteiger partial charge in [-0.2, -0.15) is 0 Å². The summed E-state index contributed by atoms with van der Waals surface area (Å²) in [5.74, 6) is 0. The second-order valence-corrected chi connectivity index (χ2v) is 6.31. The maximum Gasteiger partial charge on any atom is 0.410 e. The van der Waals surface area contributed by atoms with Crippen LogP contribution in [0.3, 0.4) is 0 Å². The SMILES string of the molecule is CCCCO[C@@H]1CN(C(=O)OCc2ccccc2)[C@H]2[C@@H]1OC[C@@H]2O. The highest BCUT2D eigenvalue weighted by molar-refractivity contribution is 5.69. The van der Waals surface area contributed by atoms with E-state index in [0.29, 0.717) is 13.2 Å². The average molecular weight is 335 g/mol. The van der Waals surface area contributed by atoms with Crippen LogP contribution >= 0.6 is 0 Å². The lowest BCUT2D eigenvalue weighted by atomic mass is 10.1. The molecule has 1 aromatic rings. The van der Waals surface area contributed by atoms with Crippen LogP contribution in [0.15, 0.2) is 30.3 Å². The lowest BCUT2D eigenvalue weighted by Crippen LogP contribution is -2.44. The number of carbonyl (C=O) groups excluding carboxylic acids is 1. The van der Waals surface area contributed by atoms with Crippen molar-refractivity contribution in [1.29, 1.82) is 0 Å². The predicted octanol–water partition coefficient (Wildman–Crippen LogP) is 1.95. The number of hydrogen-bond donors (Lipinski definition) is 1. The third kappa shape index (κ3) is 3.71. The van der Waals surface area contributed by atoms with E-state index in [1.165, 1.54) is 0 Å². The van der Waals surface area contributed by atoms with Crippen molar-refractivity contribution in [1.82, 2.24) is 4.90 Å². The van der Waals surface area contributed by atoms with Gasteiger partial charge in [0.1, 0.15) is 24.9 Å². The van der Waals surface area contributed by atoms with Crippen LogP contribution in [-0.2, 0) is 20.8 Å². The number of fused-ring (bicyclic) bond motifs is 1. The first-order valence-electron chi connectivity index (χ1n) is 8.59. The fraction of sp³-hybridized carbons (Fsp3) is 0.611. The quantitative estimate of drug-likeness (QED) is 0.805. The predicted molar refractivity (Wildman–Crippen MR) is 87.5 cm³/mol. The molecule has 2 aliphatic heterocycles. The van der Waals surface area contributed by atoms with Gasteiger partial charge in [-0.05, 0) is 12.0 Å². The molecule has 24 heavy (non-hydrogen) atoms. The second kappa shape index (κ2) is 7.96. The van der Waals surface area contributed by atoms with Crippen LogP contribution < -0.4 is 0 Å². The van der Waals surface area contributed by atoms with Gasteiger partial charge >= 0.3 is 6.09 Å². The van der Waals surface area contributed by atoms with Crippen molar-refractivity contribution in [3.05, 3.63) is 35.9 Å². The molecule has 0 aromatic heterocycles. The summed E-state index contributed by atoms with van der Waals surface area (Å²) in [7, 11) is 0. The molecule has 2 aliphatic rings. The largest absolute Gasteiger partial charge is 0.445 e. The van der Waals surface area contributed by atoms with E-state index in [1.54, 1.807) is 4.90 Å². The topological polar surface area (TPSA) is 68.2 Å². The normalized spacial score (nSPS) is 28.8. The van der Waals surface area contributed by atoms with E-state index in [9.17, 15) is 9.90 Å². The van der Waals surface area contributed by atoms with E-state index in [0.717, 1.165) is 18.4 Å². The number of benzene rings is 1. The lowest BCUT2D eigenvalue weighted by molar-refractivity contribution is -0.0331. The summed E-state index contributed by atoms with van der Waals surface area (Å²) in [6.07, 6.45) is 0.408. The summed E-state index contributed by atoms with van der Waals surface area (Å²) >= 11 is 0. The first-order chi connectivity index (χ1) is 11.7. The summed E-state index contributed by atoms with van der Waals surface area (Å²) in [6.45, 7) is 3.57. The zero-order chi connectivity index (χ0) is 16.9. The van der Waals surface area contributed by atoms with E-state index in [4.69, 9.17) is 14.2 Å². The molecule has 132 valence electrons. The summed E-state index contributed by atoms with van der Waals surface area (Å²) in [5.41, 5.74) is 0.931. The van der Waals surface area contributed by atoms with E-state index >= 15 is 0 Å². The highest BCUT2D eigenvalue weighted by atomic mass is 16.6. The molecule has 1 aromatic carbocycles. The molecule has 1 amide bonds. The smallest absolute Gasteiger partial charge is 0.410 e. The number of hydrogen-bond acceptors (Lipinski definition) is 5. The molecule has 6 nitrogen and oxygen atoms in total. The van der Waals surface area contributed by atoms with Crippen LogP contribution in [-0.4, -0.2) is 60.2 Å². The molecule has 4 atom stereocenters. The summed E-state index contributed by atoms with van der Waals surface area (Å²) < 4.78 is 16.9. The Morgan fingerprint density at radius 3 is 2.92 bits per heavy atom. The standard InChI is InChI=1S/C18H25NO5/c1-2-3-9-22-15-10-19(16-14(20)12-23-17(15)16)18(21)24-11-13-7-5-4-6-8-13/h4-8,14-17,20H,2-3,9-12H2,1H3/t14-,15+,16+,17+/m0/s1. The minimum Gasteiger partial charge on any atom is -0.445 e. The Bertz CT molecular complexity index is 537. The zero-order valence-corrected chi connectivity index (χ0v) is 14.0. The van der Waals surface area contributed by atoms with E-state index in [1.807, 2.05) is 30.3 Å². The van der Waals surface area contributed by atoms with E-state index < -0.39 is 12.2 Å². The molecule has 2 fully saturated rings. The number of aliphatic hydroxyl groups excluding tert-OH is 1. The Labute approximate surface area is 142 Å². The van der Waals surface area contributed by atoms with Crippen LogP contribution in [0, 0.1) is 0 Å². The number of ether oxygens (including phenoxy) is 3. The molecule has 0 aliphatic carbocycles. The molecular weight excluding hydrogens is 310 g/mol. The minimum atomic E-state index is -0.695. The van der Waals surface area contributed by atoms with Gasteiger partial charge in [0.2, 0.25) is 0 Å². The molecule has 2 heterocycles. The van der Waals surface area contributed by atoms with Crippen LogP contribution in [0.1, 0.15) is 25.3 Å². The van der Waals surface area contributed by atoms with E-state index in [2.05, 4.69) is 6.92 Å². The van der Waals surface area contributed by atoms with Crippen LogP contribution in [0.5, 0.6) is 0 Å². The maximum atomic E-state index is 12.5. The first-order valence-corrected chi connectivity index (χ1v) is 8.59. The fourth-order valence-electron chi connectivity index (χ4n) is 3.28. The number of aliphatic hydroxyl groups is 1. The number of rotatable bonds is 6. The van der Waals surface area contributed by atoms with Crippen molar-refractivity contribution in [2.45, 2.75) is 50.7 Å². The average Bonchev–Trinajstić information content (AvgIpc) is 3.15. The summed E-state index contributed by atoms with van der Waals surface area (Å²) in [5, 5.41) is 10.2. The number of unbranched alkanes of at least 4 members (excludes halogenated alkanes) is 1. The monoisotopic (exact) mass is 335 g/mol. The van der Waals surface area contributed by atoms with Gasteiger partial charge in [0.05, 0.1) is 19.2 Å². The Balaban J connectivity index is 1.60. The first kappa shape index (κ1) is 17.2. The molecule has 0 saturated carbocycles. The molecule has 0 spiro atoms. The number of carbonyl (C=O) groups is 1. The third-order valence-corrected chi connectivity index (χ3v) is 4.56. The zero-order valence-electron chi connectivity index (χ0n) is 14.0. The van der Waals surface area contributed by atoms with Crippen molar-refractivity contribution < 1.29 is 24.1 Å². The van der Waals surface area contributed by atoms with Gasteiger partial charge in [0.25, 0.3) is 0 Å². The van der Waals surface area contributed by atoms with Gasteiger partial charge in [-0.15, -0.1) is 0 Å². The summed E-state index contributed by atoms with van der Waals surface area (Å²) in [6, 6.07) is 9.15. The van der Waals surface area contributed by atoms with Crippen molar-refractivity contribution >= 4 is 6.09 Å². The maximum absolute atomic E-state index is 12.5. The molecule has 0 bridgehead atoms. The van der Waals surface area contributed by atoms with Crippen molar-refractivity contribution in [2.24, 2.45) is 0 Å². The Morgan fingerprint density at radius 1 is 1.38 bits per heavy atom. The minimum absolute atomic E-state index is 0.206. The molecule has 2 saturated heterocycles. The van der Waals surface area contributed by atoms with Gasteiger partial charge in [-0.3, -0.25) is 4.90 Å². The lowest BCUT2D eigenvalue weighted by Gasteiger charge is -2.24. The molecule has 0 unspecified atom stereocenters. The van der Waals surface area contributed by atoms with Crippen molar-refractivity contribution in [2.75, 3.05) is 19.8 Å². The Hall–Kier alpha value is -1.63. The Kier molecular flexibility index (Phi) is 5.71. The van der Waals surface area contributed by atoms with Gasteiger partial charge in [0.15, 0.2) is 0 Å². The van der Waals surface area contributed by atoms with Gasteiger partial charge < -0.3 is 19.3 Å².